The summed E-state index contributed by atoms with van der Waals surface area (Å²) < 4.78 is 50.6. The van der Waals surface area contributed by atoms with E-state index >= 15 is 0 Å². The SMILES string of the molecule is CCCCc1ccc(Oc2cc3c(cc2Cl)C=C(C(=O)O)C(C(F)(F)F)O3)c(C)c1. The van der Waals surface area contributed by atoms with Crippen LogP contribution in [0, 0.1) is 6.92 Å². The quantitative estimate of drug-likeness (QED) is 0.551. The zero-order valence-corrected chi connectivity index (χ0v) is 17.1. The first-order valence-corrected chi connectivity index (χ1v) is 9.77. The Morgan fingerprint density at radius 3 is 2.57 bits per heavy atom. The highest BCUT2D eigenvalue weighted by Gasteiger charge is 2.48. The highest BCUT2D eigenvalue weighted by Crippen LogP contribution is 2.42. The number of hydrogen-bond acceptors (Lipinski definition) is 3. The largest absolute Gasteiger partial charge is 0.478 e. The summed E-state index contributed by atoms with van der Waals surface area (Å²) in [6.45, 7) is 3.98. The average molecular weight is 441 g/mol. The van der Waals surface area contributed by atoms with E-state index in [0.29, 0.717) is 5.75 Å². The topological polar surface area (TPSA) is 55.8 Å². The Labute approximate surface area is 176 Å². The van der Waals surface area contributed by atoms with Gasteiger partial charge in [0.05, 0.1) is 10.6 Å². The van der Waals surface area contributed by atoms with Crippen molar-refractivity contribution in [2.75, 3.05) is 0 Å². The van der Waals surface area contributed by atoms with Gasteiger partial charge in [-0.15, -0.1) is 0 Å². The Bertz CT molecular complexity index is 999. The predicted molar refractivity (Wildman–Crippen MR) is 107 cm³/mol. The first-order valence-electron chi connectivity index (χ1n) is 9.39. The van der Waals surface area contributed by atoms with Crippen LogP contribution in [-0.2, 0) is 11.2 Å². The van der Waals surface area contributed by atoms with Crippen molar-refractivity contribution in [3.8, 4) is 17.2 Å². The second-order valence-corrected chi connectivity index (χ2v) is 7.48. The Morgan fingerprint density at radius 2 is 1.97 bits per heavy atom. The van der Waals surface area contributed by atoms with E-state index in [9.17, 15) is 18.0 Å². The van der Waals surface area contributed by atoms with E-state index in [1.807, 2.05) is 19.1 Å². The molecule has 0 spiro atoms. The molecule has 8 heteroatoms. The Balaban J connectivity index is 1.92. The molecule has 1 N–H and O–H groups in total. The number of carboxylic acids is 1. The van der Waals surface area contributed by atoms with Gasteiger partial charge in [0.15, 0.2) is 0 Å². The minimum Gasteiger partial charge on any atom is -0.478 e. The number of rotatable bonds is 6. The van der Waals surface area contributed by atoms with Gasteiger partial charge < -0.3 is 14.6 Å². The maximum absolute atomic E-state index is 13.3. The molecule has 2 aromatic carbocycles. The van der Waals surface area contributed by atoms with Gasteiger partial charge in [0.25, 0.3) is 0 Å². The third kappa shape index (κ3) is 4.73. The molecule has 2 aromatic rings. The van der Waals surface area contributed by atoms with Crippen LogP contribution in [0.4, 0.5) is 13.2 Å². The number of fused-ring (bicyclic) bond motifs is 1. The summed E-state index contributed by atoms with van der Waals surface area (Å²) in [7, 11) is 0. The minimum atomic E-state index is -4.88. The van der Waals surface area contributed by atoms with Crippen LogP contribution in [0.3, 0.4) is 0 Å². The number of hydrogen-bond donors (Lipinski definition) is 1. The van der Waals surface area contributed by atoms with Crippen molar-refractivity contribution < 1.29 is 32.5 Å². The highest BCUT2D eigenvalue weighted by molar-refractivity contribution is 6.32. The van der Waals surface area contributed by atoms with Crippen molar-refractivity contribution in [1.29, 1.82) is 0 Å². The summed E-state index contributed by atoms with van der Waals surface area (Å²) in [4.78, 5) is 11.2. The van der Waals surface area contributed by atoms with Crippen molar-refractivity contribution in [2.24, 2.45) is 0 Å². The van der Waals surface area contributed by atoms with Crippen LogP contribution >= 0.6 is 11.6 Å². The fourth-order valence-electron chi connectivity index (χ4n) is 3.17. The van der Waals surface area contributed by atoms with Crippen LogP contribution in [0.2, 0.25) is 5.02 Å². The summed E-state index contributed by atoms with van der Waals surface area (Å²) in [6, 6.07) is 8.29. The van der Waals surface area contributed by atoms with Gasteiger partial charge in [-0.3, -0.25) is 0 Å². The van der Waals surface area contributed by atoms with Crippen LogP contribution < -0.4 is 9.47 Å². The summed E-state index contributed by atoms with van der Waals surface area (Å²) in [6.07, 6.45) is -3.44. The highest BCUT2D eigenvalue weighted by atomic mass is 35.5. The molecule has 1 aliphatic rings. The minimum absolute atomic E-state index is 0.118. The number of ether oxygens (including phenoxy) is 2. The molecule has 160 valence electrons. The zero-order chi connectivity index (χ0) is 22.1. The van der Waals surface area contributed by atoms with Gasteiger partial charge in [-0.25, -0.2) is 4.79 Å². The smallest absolute Gasteiger partial charge is 0.430 e. The summed E-state index contributed by atoms with van der Waals surface area (Å²) >= 11 is 6.24. The van der Waals surface area contributed by atoms with E-state index in [2.05, 4.69) is 6.92 Å². The molecule has 0 saturated carbocycles. The molecule has 1 heterocycles. The number of benzene rings is 2. The number of halogens is 4. The van der Waals surface area contributed by atoms with Crippen LogP contribution in [0.1, 0.15) is 36.5 Å². The molecule has 0 aliphatic carbocycles. The molecule has 0 saturated heterocycles. The predicted octanol–water partition coefficient (Wildman–Crippen LogP) is 6.57. The van der Waals surface area contributed by atoms with Crippen molar-refractivity contribution in [2.45, 2.75) is 45.4 Å². The molecule has 1 unspecified atom stereocenters. The third-order valence-corrected chi connectivity index (χ3v) is 5.02. The van der Waals surface area contributed by atoms with Gasteiger partial charge in [-0.2, -0.15) is 13.2 Å². The van der Waals surface area contributed by atoms with Crippen molar-refractivity contribution in [1.82, 2.24) is 0 Å². The number of aliphatic carboxylic acids is 1. The number of aryl methyl sites for hydroxylation is 2. The lowest BCUT2D eigenvalue weighted by Crippen LogP contribution is -2.40. The molecule has 0 aromatic heterocycles. The lowest BCUT2D eigenvalue weighted by Gasteiger charge is -2.27. The zero-order valence-electron chi connectivity index (χ0n) is 16.3. The summed E-state index contributed by atoms with van der Waals surface area (Å²) in [5.74, 6) is -1.23. The van der Waals surface area contributed by atoms with E-state index in [1.54, 1.807) is 6.07 Å². The summed E-state index contributed by atoms with van der Waals surface area (Å²) in [5, 5.41) is 9.24. The Kier molecular flexibility index (Phi) is 6.31. The molecule has 0 radical (unpaired) electrons. The van der Waals surface area contributed by atoms with E-state index in [0.717, 1.165) is 30.9 Å². The molecule has 1 atom stereocenters. The van der Waals surface area contributed by atoms with Crippen LogP contribution in [-0.4, -0.2) is 23.4 Å². The molecule has 4 nitrogen and oxygen atoms in total. The summed E-state index contributed by atoms with van der Waals surface area (Å²) in [5.41, 5.74) is 1.26. The van der Waals surface area contributed by atoms with Gasteiger partial charge in [-0.1, -0.05) is 37.1 Å². The normalized spacial score (nSPS) is 15.8. The van der Waals surface area contributed by atoms with Crippen LogP contribution in [0.15, 0.2) is 35.9 Å². The number of unbranched alkanes of at least 4 members (excludes halogenated alkanes) is 1. The first kappa shape index (κ1) is 22.0. The standard InChI is InChI=1S/C22H20ClF3O4/c1-3-4-5-13-6-7-17(12(2)8-13)29-19-11-18-14(10-16(19)23)9-15(21(27)28)20(30-18)22(24,25)26/h6-11,20H,3-5H2,1-2H3,(H,27,28). The fraction of sp³-hybridized carbons (Fsp3) is 0.318. The molecule has 1 aliphatic heterocycles. The maximum Gasteiger partial charge on any atom is 0.430 e. The Hall–Kier alpha value is -2.67. The van der Waals surface area contributed by atoms with Gasteiger partial charge >= 0.3 is 12.1 Å². The monoisotopic (exact) mass is 440 g/mol. The van der Waals surface area contributed by atoms with E-state index in [-0.39, 0.29) is 22.1 Å². The number of carbonyl (C=O) groups is 1. The molecule has 0 bridgehead atoms. The molecule has 30 heavy (non-hydrogen) atoms. The number of alkyl halides is 3. The van der Waals surface area contributed by atoms with Crippen LogP contribution in [0.5, 0.6) is 17.2 Å². The fourth-order valence-corrected chi connectivity index (χ4v) is 3.39. The van der Waals surface area contributed by atoms with Crippen molar-refractivity contribution in [3.05, 3.63) is 57.6 Å². The second kappa shape index (κ2) is 8.60. The second-order valence-electron chi connectivity index (χ2n) is 7.07. The maximum atomic E-state index is 13.3. The van der Waals surface area contributed by atoms with Crippen LogP contribution in [0.25, 0.3) is 6.08 Å². The molecule has 0 fully saturated rings. The average Bonchev–Trinajstić information content (AvgIpc) is 2.67. The van der Waals surface area contributed by atoms with E-state index in [1.165, 1.54) is 17.7 Å². The van der Waals surface area contributed by atoms with Gasteiger partial charge in [0.1, 0.15) is 17.2 Å². The lowest BCUT2D eigenvalue weighted by atomic mass is 10.0. The lowest BCUT2D eigenvalue weighted by molar-refractivity contribution is -0.187. The van der Waals surface area contributed by atoms with Crippen molar-refractivity contribution in [3.63, 3.8) is 0 Å². The molecule has 3 rings (SSSR count). The van der Waals surface area contributed by atoms with Crippen molar-refractivity contribution >= 4 is 23.6 Å². The molecular weight excluding hydrogens is 421 g/mol. The Morgan fingerprint density at radius 1 is 1.23 bits per heavy atom. The molecule has 0 amide bonds. The van der Waals surface area contributed by atoms with Gasteiger partial charge in [0.2, 0.25) is 6.10 Å². The van der Waals surface area contributed by atoms with Gasteiger partial charge in [0, 0.05) is 11.6 Å². The molecular formula is C22H20ClF3O4. The van der Waals surface area contributed by atoms with E-state index < -0.39 is 23.8 Å². The van der Waals surface area contributed by atoms with Gasteiger partial charge in [-0.05, 0) is 49.1 Å². The van der Waals surface area contributed by atoms with E-state index in [4.69, 9.17) is 26.2 Å². The third-order valence-electron chi connectivity index (χ3n) is 4.73. The first-order chi connectivity index (χ1) is 14.1. The number of carboxylic acid groups (broad SMARTS) is 1.